The normalized spacial score (nSPS) is 13.4. The van der Waals surface area contributed by atoms with E-state index in [-0.39, 0.29) is 21.4 Å². The molecule has 0 bridgehead atoms. The molecule has 10 heteroatoms. The Morgan fingerprint density at radius 1 is 1.04 bits per heavy atom. The number of nitrogens with one attached hydrogen (secondary N) is 1. The van der Waals surface area contributed by atoms with E-state index in [1.165, 1.54) is 30.6 Å². The monoisotopic (exact) mass is 457 g/mol. The lowest BCUT2D eigenvalue weighted by Gasteiger charge is -2.17. The van der Waals surface area contributed by atoms with E-state index in [1.807, 2.05) is 0 Å². The van der Waals surface area contributed by atoms with Crippen LogP contribution in [0.5, 0.6) is 5.75 Å². The Labute approximate surface area is 172 Å². The second-order valence-corrected chi connectivity index (χ2v) is 12.0. The molecule has 2 heterocycles. The van der Waals surface area contributed by atoms with Crippen LogP contribution in [-0.2, 0) is 19.9 Å². The quantitative estimate of drug-likeness (QED) is 0.558. The van der Waals surface area contributed by atoms with Crippen molar-refractivity contribution in [2.24, 2.45) is 0 Å². The molecule has 3 aromatic rings. The van der Waals surface area contributed by atoms with E-state index in [2.05, 4.69) is 4.72 Å². The van der Waals surface area contributed by atoms with Crippen LogP contribution in [0.2, 0.25) is 0 Å². The summed E-state index contributed by atoms with van der Waals surface area (Å²) < 4.78 is 59.7. The van der Waals surface area contributed by atoms with Crippen molar-refractivity contribution in [1.82, 2.24) is 4.72 Å². The average Bonchev–Trinajstić information content (AvgIpc) is 3.36. The highest BCUT2D eigenvalue weighted by Gasteiger charge is 2.32. The minimum Gasteiger partial charge on any atom is -0.495 e. The summed E-state index contributed by atoms with van der Waals surface area (Å²) in [6.07, 6.45) is 0. The first-order chi connectivity index (χ1) is 13.3. The van der Waals surface area contributed by atoms with Crippen molar-refractivity contribution in [2.45, 2.75) is 21.3 Å². The highest BCUT2D eigenvalue weighted by Crippen LogP contribution is 2.34. The van der Waals surface area contributed by atoms with Gasteiger partial charge in [0, 0.05) is 11.4 Å². The van der Waals surface area contributed by atoms with Crippen LogP contribution in [0.4, 0.5) is 0 Å². The molecule has 1 aromatic carbocycles. The number of sulfonamides is 1. The molecule has 0 radical (unpaired) electrons. The molecule has 0 saturated carbocycles. The van der Waals surface area contributed by atoms with Crippen LogP contribution in [0, 0.1) is 6.92 Å². The van der Waals surface area contributed by atoms with Crippen molar-refractivity contribution in [3.8, 4) is 5.75 Å². The molecule has 0 amide bonds. The lowest BCUT2D eigenvalue weighted by molar-refractivity contribution is 0.402. The Bertz CT molecular complexity index is 1130. The minimum absolute atomic E-state index is 0.0200. The Morgan fingerprint density at radius 2 is 1.75 bits per heavy atom. The van der Waals surface area contributed by atoms with Crippen molar-refractivity contribution in [2.75, 3.05) is 13.7 Å². The topological polar surface area (TPSA) is 89.5 Å². The summed E-state index contributed by atoms with van der Waals surface area (Å²) in [6.45, 7) is 1.49. The predicted octanol–water partition coefficient (Wildman–Crippen LogP) is 3.62. The van der Waals surface area contributed by atoms with Gasteiger partial charge in [0.1, 0.15) is 20.1 Å². The highest BCUT2D eigenvalue weighted by molar-refractivity contribution is 7.94. The number of rotatable bonds is 8. The Balaban J connectivity index is 1.94. The Kier molecular flexibility index (Phi) is 6.25. The first-order valence-electron chi connectivity index (χ1n) is 8.21. The van der Waals surface area contributed by atoms with E-state index in [0.29, 0.717) is 4.88 Å². The standard InChI is InChI=1S/C18H19NO5S4/c1-13-7-8-14(24-2)16(11-13)28(22,23)19-12-17(15-5-3-9-25-15)27(20,21)18-6-4-10-26-18/h3-11,17,19H,12H2,1-2H3. The Hall–Kier alpha value is -1.72. The van der Waals surface area contributed by atoms with Gasteiger partial charge in [-0.1, -0.05) is 18.2 Å². The predicted molar refractivity (Wildman–Crippen MR) is 111 cm³/mol. The van der Waals surface area contributed by atoms with Gasteiger partial charge in [0.2, 0.25) is 10.0 Å². The summed E-state index contributed by atoms with van der Waals surface area (Å²) in [5.41, 5.74) is 0.752. The summed E-state index contributed by atoms with van der Waals surface area (Å²) in [5, 5.41) is 2.43. The zero-order chi connectivity index (χ0) is 20.4. The van der Waals surface area contributed by atoms with Crippen LogP contribution in [0.1, 0.15) is 15.7 Å². The molecule has 0 fully saturated rings. The number of ether oxygens (including phenoxy) is 1. The number of aryl methyl sites for hydroxylation is 1. The van der Waals surface area contributed by atoms with Gasteiger partial charge in [0.25, 0.3) is 0 Å². The third-order valence-corrected chi connectivity index (χ3v) is 10.2. The molecule has 28 heavy (non-hydrogen) atoms. The maximum Gasteiger partial charge on any atom is 0.244 e. The fourth-order valence-corrected chi connectivity index (χ4v) is 8.05. The lowest BCUT2D eigenvalue weighted by Crippen LogP contribution is -2.31. The molecule has 1 N–H and O–H groups in total. The van der Waals surface area contributed by atoms with Gasteiger partial charge in [-0.2, -0.15) is 0 Å². The van der Waals surface area contributed by atoms with Gasteiger partial charge in [0.05, 0.1) is 7.11 Å². The largest absolute Gasteiger partial charge is 0.495 e. The summed E-state index contributed by atoms with van der Waals surface area (Å²) in [4.78, 5) is 0.556. The zero-order valence-corrected chi connectivity index (χ0v) is 18.4. The van der Waals surface area contributed by atoms with Gasteiger partial charge in [0.15, 0.2) is 9.84 Å². The molecule has 2 aromatic heterocycles. The van der Waals surface area contributed by atoms with Crippen molar-refractivity contribution < 1.29 is 21.6 Å². The molecule has 0 saturated heterocycles. The van der Waals surface area contributed by atoms with E-state index in [4.69, 9.17) is 4.74 Å². The molecular weight excluding hydrogens is 438 g/mol. The van der Waals surface area contributed by atoms with E-state index in [1.54, 1.807) is 48.0 Å². The molecule has 150 valence electrons. The van der Waals surface area contributed by atoms with Gasteiger partial charge in [-0.25, -0.2) is 21.6 Å². The first kappa shape index (κ1) is 21.0. The number of hydrogen-bond acceptors (Lipinski definition) is 7. The van der Waals surface area contributed by atoms with Crippen LogP contribution >= 0.6 is 22.7 Å². The van der Waals surface area contributed by atoms with Gasteiger partial charge >= 0.3 is 0 Å². The number of hydrogen-bond donors (Lipinski definition) is 1. The van der Waals surface area contributed by atoms with Gasteiger partial charge in [-0.3, -0.25) is 0 Å². The molecule has 1 unspecified atom stereocenters. The van der Waals surface area contributed by atoms with Crippen molar-refractivity contribution in [3.63, 3.8) is 0 Å². The second-order valence-electron chi connectivity index (χ2n) is 5.99. The van der Waals surface area contributed by atoms with Crippen LogP contribution in [0.15, 0.2) is 62.3 Å². The summed E-state index contributed by atoms with van der Waals surface area (Å²) >= 11 is 2.39. The van der Waals surface area contributed by atoms with Crippen LogP contribution in [0.3, 0.4) is 0 Å². The molecule has 6 nitrogen and oxygen atoms in total. The number of sulfone groups is 1. The molecule has 0 spiro atoms. The molecule has 0 aliphatic carbocycles. The fourth-order valence-electron chi connectivity index (χ4n) is 2.66. The summed E-state index contributed by atoms with van der Waals surface area (Å²) in [7, 11) is -6.32. The molecule has 0 aliphatic rings. The van der Waals surface area contributed by atoms with Crippen molar-refractivity contribution in [3.05, 3.63) is 63.7 Å². The summed E-state index contributed by atoms with van der Waals surface area (Å²) in [6, 6.07) is 11.4. The third kappa shape index (κ3) is 4.31. The minimum atomic E-state index is -3.97. The fraction of sp³-hybridized carbons (Fsp3) is 0.222. The number of methoxy groups -OCH3 is 1. The van der Waals surface area contributed by atoms with E-state index < -0.39 is 25.1 Å². The molecular formula is C18H19NO5S4. The smallest absolute Gasteiger partial charge is 0.244 e. The highest BCUT2D eigenvalue weighted by atomic mass is 32.2. The van der Waals surface area contributed by atoms with Gasteiger partial charge in [-0.15, -0.1) is 22.7 Å². The van der Waals surface area contributed by atoms with Crippen molar-refractivity contribution >= 4 is 42.5 Å². The maximum atomic E-state index is 13.1. The Morgan fingerprint density at radius 3 is 2.36 bits per heavy atom. The SMILES string of the molecule is COc1ccc(C)cc1S(=O)(=O)NCC(c1cccs1)S(=O)(=O)c1cccs1. The van der Waals surface area contributed by atoms with Crippen LogP contribution in [-0.4, -0.2) is 30.5 Å². The van der Waals surface area contributed by atoms with Crippen molar-refractivity contribution in [1.29, 1.82) is 0 Å². The number of thiophene rings is 2. The van der Waals surface area contributed by atoms with Crippen LogP contribution in [0.25, 0.3) is 0 Å². The zero-order valence-electron chi connectivity index (χ0n) is 15.2. The van der Waals surface area contributed by atoms with E-state index in [0.717, 1.165) is 16.9 Å². The number of benzene rings is 1. The van der Waals surface area contributed by atoms with Gasteiger partial charge < -0.3 is 4.74 Å². The third-order valence-electron chi connectivity index (χ3n) is 4.08. The van der Waals surface area contributed by atoms with E-state index >= 15 is 0 Å². The first-order valence-corrected chi connectivity index (χ1v) is 13.0. The maximum absolute atomic E-state index is 13.1. The molecule has 1 atom stereocenters. The van der Waals surface area contributed by atoms with Crippen LogP contribution < -0.4 is 9.46 Å². The van der Waals surface area contributed by atoms with E-state index in [9.17, 15) is 16.8 Å². The molecule has 0 aliphatic heterocycles. The average molecular weight is 458 g/mol. The second kappa shape index (κ2) is 8.34. The lowest BCUT2D eigenvalue weighted by atomic mass is 10.2. The van der Waals surface area contributed by atoms with Gasteiger partial charge in [-0.05, 0) is 47.5 Å². The molecule has 3 rings (SSSR count). The summed E-state index contributed by atoms with van der Waals surface area (Å²) in [5.74, 6) is 0.201.